The Hall–Kier alpha value is -1.92. The van der Waals surface area contributed by atoms with Crippen LogP contribution in [0.1, 0.15) is 11.1 Å². The second-order valence-electron chi connectivity index (χ2n) is 4.65. The summed E-state index contributed by atoms with van der Waals surface area (Å²) in [6.45, 7) is 0.403. The van der Waals surface area contributed by atoms with Crippen LogP contribution >= 0.6 is 0 Å². The highest BCUT2D eigenvalue weighted by molar-refractivity contribution is 7.90. The fourth-order valence-electron chi connectivity index (χ4n) is 1.88. The van der Waals surface area contributed by atoms with Crippen LogP contribution in [0.4, 0.5) is 4.39 Å². The topological polar surface area (TPSA) is 69.4 Å². The molecule has 0 heterocycles. The molecule has 0 saturated heterocycles. The molecule has 2 rings (SSSR count). The molecule has 2 aromatic rings. The van der Waals surface area contributed by atoms with Crippen LogP contribution in [0.25, 0.3) is 0 Å². The van der Waals surface area contributed by atoms with Crippen LogP contribution in [0.15, 0.2) is 47.4 Å². The summed E-state index contributed by atoms with van der Waals surface area (Å²) < 4.78 is 41.7. The Kier molecular flexibility index (Phi) is 4.59. The third-order valence-electron chi connectivity index (χ3n) is 3.02. The van der Waals surface area contributed by atoms with Crippen molar-refractivity contribution in [1.82, 2.24) is 0 Å². The smallest absolute Gasteiger partial charge is 0.175 e. The molecule has 0 amide bonds. The van der Waals surface area contributed by atoms with Gasteiger partial charge in [0, 0.05) is 12.8 Å². The zero-order chi connectivity index (χ0) is 15.5. The van der Waals surface area contributed by atoms with Gasteiger partial charge < -0.3 is 10.5 Å². The summed E-state index contributed by atoms with van der Waals surface area (Å²) in [5.74, 6) is 0.0866. The van der Waals surface area contributed by atoms with E-state index < -0.39 is 9.84 Å². The van der Waals surface area contributed by atoms with E-state index in [1.54, 1.807) is 18.2 Å². The van der Waals surface area contributed by atoms with Gasteiger partial charge >= 0.3 is 0 Å². The van der Waals surface area contributed by atoms with Gasteiger partial charge in [-0.2, -0.15) is 0 Å². The number of hydrogen-bond donors (Lipinski definition) is 1. The number of benzene rings is 2. The van der Waals surface area contributed by atoms with Crippen molar-refractivity contribution in [2.24, 2.45) is 5.73 Å². The molecule has 0 aliphatic heterocycles. The van der Waals surface area contributed by atoms with Crippen LogP contribution in [0, 0.1) is 5.82 Å². The number of ether oxygens (including phenoxy) is 1. The largest absolute Gasteiger partial charge is 0.489 e. The third-order valence-corrected chi connectivity index (χ3v) is 4.13. The number of hydrogen-bond acceptors (Lipinski definition) is 4. The molecule has 6 heteroatoms. The molecule has 0 spiro atoms. The molecular weight excluding hydrogens is 293 g/mol. The molecule has 112 valence electrons. The summed E-state index contributed by atoms with van der Waals surface area (Å²) in [7, 11) is -3.28. The van der Waals surface area contributed by atoms with Crippen LogP contribution in [-0.2, 0) is 23.0 Å². The normalized spacial score (nSPS) is 11.4. The SMILES string of the molecule is CS(=O)(=O)c1cccc(OCc2ccc(F)cc2CN)c1. The van der Waals surface area contributed by atoms with Crippen molar-refractivity contribution in [3.8, 4) is 5.75 Å². The van der Waals surface area contributed by atoms with Gasteiger partial charge in [-0.15, -0.1) is 0 Å². The van der Waals surface area contributed by atoms with Crippen LogP contribution in [-0.4, -0.2) is 14.7 Å². The summed E-state index contributed by atoms with van der Waals surface area (Å²) in [4.78, 5) is 0.193. The first-order chi connectivity index (χ1) is 9.90. The lowest BCUT2D eigenvalue weighted by molar-refractivity contribution is 0.304. The highest BCUT2D eigenvalue weighted by Gasteiger charge is 2.09. The van der Waals surface area contributed by atoms with Gasteiger partial charge in [-0.1, -0.05) is 12.1 Å². The van der Waals surface area contributed by atoms with Gasteiger partial charge in [0.2, 0.25) is 0 Å². The van der Waals surface area contributed by atoms with Crippen molar-refractivity contribution >= 4 is 9.84 Å². The maximum atomic E-state index is 13.1. The minimum atomic E-state index is -3.28. The van der Waals surface area contributed by atoms with E-state index in [2.05, 4.69) is 0 Å². The zero-order valence-electron chi connectivity index (χ0n) is 11.5. The Morgan fingerprint density at radius 2 is 1.90 bits per heavy atom. The number of halogens is 1. The molecule has 0 radical (unpaired) electrons. The van der Waals surface area contributed by atoms with Gasteiger partial charge in [0.05, 0.1) is 4.90 Å². The van der Waals surface area contributed by atoms with Crippen molar-refractivity contribution in [1.29, 1.82) is 0 Å². The standard InChI is InChI=1S/C15H16FNO3S/c1-21(18,19)15-4-2-3-14(8-15)20-10-11-5-6-13(16)7-12(11)9-17/h2-8H,9-10,17H2,1H3. The highest BCUT2D eigenvalue weighted by Crippen LogP contribution is 2.20. The van der Waals surface area contributed by atoms with E-state index in [0.717, 1.165) is 11.8 Å². The first-order valence-corrected chi connectivity index (χ1v) is 8.19. The Labute approximate surface area is 123 Å². The quantitative estimate of drug-likeness (QED) is 0.920. The van der Waals surface area contributed by atoms with Gasteiger partial charge in [-0.3, -0.25) is 0 Å². The predicted molar refractivity (Wildman–Crippen MR) is 78.2 cm³/mol. The van der Waals surface area contributed by atoms with Gasteiger partial charge in [0.1, 0.15) is 18.2 Å². The monoisotopic (exact) mass is 309 g/mol. The molecule has 0 unspecified atom stereocenters. The minimum Gasteiger partial charge on any atom is -0.489 e. The van der Waals surface area contributed by atoms with Crippen molar-refractivity contribution in [2.75, 3.05) is 6.26 Å². The first-order valence-electron chi connectivity index (χ1n) is 6.30. The van der Waals surface area contributed by atoms with Gasteiger partial charge in [-0.05, 0) is 41.5 Å². The third kappa shape index (κ3) is 4.03. The molecule has 0 atom stereocenters. The van der Waals surface area contributed by atoms with Crippen molar-refractivity contribution < 1.29 is 17.5 Å². The molecular formula is C15H16FNO3S. The lowest BCUT2D eigenvalue weighted by atomic mass is 10.1. The van der Waals surface area contributed by atoms with Gasteiger partial charge in [0.15, 0.2) is 9.84 Å². The molecule has 2 N–H and O–H groups in total. The molecule has 0 aliphatic carbocycles. The lowest BCUT2D eigenvalue weighted by Crippen LogP contribution is -2.05. The molecule has 0 saturated carbocycles. The number of rotatable bonds is 5. The Bertz CT molecular complexity index is 744. The van der Waals surface area contributed by atoms with E-state index in [0.29, 0.717) is 11.3 Å². The minimum absolute atomic E-state index is 0.193. The van der Waals surface area contributed by atoms with Crippen LogP contribution in [0.2, 0.25) is 0 Å². The summed E-state index contributed by atoms with van der Waals surface area (Å²) >= 11 is 0. The van der Waals surface area contributed by atoms with Gasteiger partial charge in [-0.25, -0.2) is 12.8 Å². The fraction of sp³-hybridized carbons (Fsp3) is 0.200. The van der Waals surface area contributed by atoms with Crippen LogP contribution in [0.3, 0.4) is 0 Å². The molecule has 4 nitrogen and oxygen atoms in total. The Morgan fingerprint density at radius 1 is 1.14 bits per heavy atom. The molecule has 0 fully saturated rings. The average molecular weight is 309 g/mol. The molecule has 0 aromatic heterocycles. The molecule has 21 heavy (non-hydrogen) atoms. The van der Waals surface area contributed by atoms with Crippen LogP contribution < -0.4 is 10.5 Å². The van der Waals surface area contributed by atoms with Gasteiger partial charge in [0.25, 0.3) is 0 Å². The van der Waals surface area contributed by atoms with Crippen LogP contribution in [0.5, 0.6) is 5.75 Å². The number of sulfone groups is 1. The second kappa shape index (κ2) is 6.24. The second-order valence-corrected chi connectivity index (χ2v) is 6.67. The van der Waals surface area contributed by atoms with Crippen molar-refractivity contribution in [2.45, 2.75) is 18.0 Å². The van der Waals surface area contributed by atoms with E-state index in [1.807, 2.05) is 0 Å². The number of nitrogens with two attached hydrogens (primary N) is 1. The first kappa shape index (κ1) is 15.5. The highest BCUT2D eigenvalue weighted by atomic mass is 32.2. The lowest BCUT2D eigenvalue weighted by Gasteiger charge is -2.11. The molecule has 0 bridgehead atoms. The van der Waals surface area contributed by atoms with Crippen molar-refractivity contribution in [3.63, 3.8) is 0 Å². The summed E-state index contributed by atoms with van der Waals surface area (Å²) in [5, 5.41) is 0. The Balaban J connectivity index is 2.17. The Morgan fingerprint density at radius 3 is 2.57 bits per heavy atom. The average Bonchev–Trinajstić information content (AvgIpc) is 2.45. The van der Waals surface area contributed by atoms with E-state index in [-0.39, 0.29) is 23.9 Å². The molecule has 0 aliphatic rings. The van der Waals surface area contributed by atoms with E-state index in [1.165, 1.54) is 24.3 Å². The van der Waals surface area contributed by atoms with E-state index in [4.69, 9.17) is 10.5 Å². The maximum absolute atomic E-state index is 13.1. The maximum Gasteiger partial charge on any atom is 0.175 e. The molecule has 2 aromatic carbocycles. The van der Waals surface area contributed by atoms with Crippen molar-refractivity contribution in [3.05, 3.63) is 59.4 Å². The summed E-state index contributed by atoms with van der Waals surface area (Å²) in [6.07, 6.45) is 1.14. The fourth-order valence-corrected chi connectivity index (χ4v) is 2.54. The van der Waals surface area contributed by atoms with E-state index in [9.17, 15) is 12.8 Å². The zero-order valence-corrected chi connectivity index (χ0v) is 12.4. The summed E-state index contributed by atoms with van der Waals surface area (Å²) in [6, 6.07) is 10.6. The van der Waals surface area contributed by atoms with E-state index >= 15 is 0 Å². The predicted octanol–water partition coefficient (Wildman–Crippen LogP) is 2.27. The summed E-state index contributed by atoms with van der Waals surface area (Å²) in [5.41, 5.74) is 7.00.